The number of nitrogens with zero attached hydrogens (tertiary/aromatic N) is 2. The average molecular weight is 348 g/mol. The van der Waals surface area contributed by atoms with Crippen LogP contribution in [0.15, 0.2) is 18.2 Å². The highest BCUT2D eigenvalue weighted by atomic mass is 35.5. The highest BCUT2D eigenvalue weighted by Gasteiger charge is 2.23. The van der Waals surface area contributed by atoms with Crippen LogP contribution in [-0.4, -0.2) is 28.5 Å². The third-order valence-corrected chi connectivity index (χ3v) is 3.67. The largest absolute Gasteiger partial charge is 0.461 e. The third kappa shape index (κ3) is 3.89. The molecule has 0 fully saturated rings. The smallest absolute Gasteiger partial charge is 0.359 e. The predicted molar refractivity (Wildman–Crippen MR) is 91.6 cm³/mol. The molecular formula is C17H18ClN3O3. The number of nitrogens with one attached hydrogen (secondary N) is 1. The molecule has 7 heteroatoms. The van der Waals surface area contributed by atoms with Gasteiger partial charge in [-0.15, -0.1) is 0 Å². The molecule has 2 rings (SSSR count). The monoisotopic (exact) mass is 347 g/mol. The maximum absolute atomic E-state index is 12.6. The molecule has 6 nitrogen and oxygen atoms in total. The summed E-state index contributed by atoms with van der Waals surface area (Å²) >= 11 is 5.96. The molecule has 0 aliphatic carbocycles. The Hall–Kier alpha value is -2.47. The van der Waals surface area contributed by atoms with Crippen LogP contribution in [0.2, 0.25) is 5.02 Å². The first-order chi connectivity index (χ1) is 11.3. The number of carbonyl (C=O) groups is 2. The van der Waals surface area contributed by atoms with Crippen LogP contribution in [-0.2, 0) is 4.74 Å². The Bertz CT molecular complexity index is 806. The molecule has 126 valence electrons. The Balaban J connectivity index is 2.42. The number of carbonyl (C=O) groups excluding carboxylic acids is 2. The number of benzene rings is 1. The van der Waals surface area contributed by atoms with E-state index in [1.165, 1.54) is 0 Å². The second-order valence-corrected chi connectivity index (χ2v) is 5.66. The molecule has 0 saturated heterocycles. The number of esters is 1. The molecule has 0 unspecified atom stereocenters. The second kappa shape index (κ2) is 7.40. The van der Waals surface area contributed by atoms with E-state index in [2.05, 4.69) is 15.3 Å². The van der Waals surface area contributed by atoms with Crippen LogP contribution < -0.4 is 5.32 Å². The highest BCUT2D eigenvalue weighted by molar-refractivity contribution is 6.31. The molecule has 1 N–H and O–H groups in total. The molecule has 1 heterocycles. The second-order valence-electron chi connectivity index (χ2n) is 5.23. The van der Waals surface area contributed by atoms with E-state index in [0.717, 1.165) is 5.56 Å². The lowest BCUT2D eigenvalue weighted by Gasteiger charge is -2.12. The topological polar surface area (TPSA) is 81.2 Å². The van der Waals surface area contributed by atoms with Crippen molar-refractivity contribution < 1.29 is 14.3 Å². The molecule has 0 aliphatic rings. The van der Waals surface area contributed by atoms with Crippen molar-refractivity contribution in [2.75, 3.05) is 11.9 Å². The highest BCUT2D eigenvalue weighted by Crippen LogP contribution is 2.21. The summed E-state index contributed by atoms with van der Waals surface area (Å²) in [6, 6.07) is 5.15. The van der Waals surface area contributed by atoms with Crippen LogP contribution in [0.5, 0.6) is 0 Å². The van der Waals surface area contributed by atoms with Gasteiger partial charge in [0.1, 0.15) is 0 Å². The summed E-state index contributed by atoms with van der Waals surface area (Å²) in [5.74, 6) is -1.22. The van der Waals surface area contributed by atoms with Gasteiger partial charge >= 0.3 is 5.97 Å². The quantitative estimate of drug-likeness (QED) is 0.856. The van der Waals surface area contributed by atoms with Gasteiger partial charge in [0.15, 0.2) is 11.4 Å². The van der Waals surface area contributed by atoms with Crippen LogP contribution in [0.25, 0.3) is 0 Å². The third-order valence-electron chi connectivity index (χ3n) is 3.44. The Morgan fingerprint density at radius 3 is 2.38 bits per heavy atom. The van der Waals surface area contributed by atoms with Crippen LogP contribution in [0.3, 0.4) is 0 Å². The zero-order valence-electron chi connectivity index (χ0n) is 13.9. The normalized spacial score (nSPS) is 10.4. The molecule has 1 aromatic heterocycles. The molecule has 1 amide bonds. The number of hydrogen-bond acceptors (Lipinski definition) is 5. The van der Waals surface area contributed by atoms with Crippen LogP contribution >= 0.6 is 11.6 Å². The fourth-order valence-electron chi connectivity index (χ4n) is 2.01. The first kappa shape index (κ1) is 17.9. The minimum atomic E-state index is -0.680. The minimum absolute atomic E-state index is 0.0732. The Kier molecular flexibility index (Phi) is 5.51. The van der Waals surface area contributed by atoms with E-state index in [9.17, 15) is 9.59 Å². The van der Waals surface area contributed by atoms with Crippen molar-refractivity contribution in [1.29, 1.82) is 0 Å². The number of amides is 1. The standard InChI is InChI=1S/C17H18ClN3O3/c1-5-24-17(23)15-14(19-10(3)11(4)20-15)16(22)21-13-8-12(18)7-6-9(13)2/h6-8H,5H2,1-4H3,(H,21,22). The van der Waals surface area contributed by atoms with Crippen molar-refractivity contribution in [2.45, 2.75) is 27.7 Å². The van der Waals surface area contributed by atoms with Crippen molar-refractivity contribution in [3.8, 4) is 0 Å². The molecule has 0 spiro atoms. The Morgan fingerprint density at radius 1 is 1.12 bits per heavy atom. The Labute approximate surface area is 145 Å². The molecule has 1 aromatic carbocycles. The summed E-state index contributed by atoms with van der Waals surface area (Å²) in [7, 11) is 0. The molecular weight excluding hydrogens is 330 g/mol. The number of halogens is 1. The van der Waals surface area contributed by atoms with Gasteiger partial charge in [0.05, 0.1) is 18.0 Å². The van der Waals surface area contributed by atoms with Gasteiger partial charge in [0.2, 0.25) is 0 Å². The number of ether oxygens (including phenoxy) is 1. The van der Waals surface area contributed by atoms with Gasteiger partial charge in [-0.2, -0.15) is 0 Å². The predicted octanol–water partition coefficient (Wildman–Crippen LogP) is 3.48. The van der Waals surface area contributed by atoms with E-state index in [-0.39, 0.29) is 18.0 Å². The van der Waals surface area contributed by atoms with E-state index in [0.29, 0.717) is 22.1 Å². The summed E-state index contributed by atoms with van der Waals surface area (Å²) in [5, 5.41) is 3.21. The fourth-order valence-corrected chi connectivity index (χ4v) is 2.19. The van der Waals surface area contributed by atoms with E-state index >= 15 is 0 Å². The van der Waals surface area contributed by atoms with Gasteiger partial charge in [0, 0.05) is 10.7 Å². The van der Waals surface area contributed by atoms with Crippen LogP contribution in [0.1, 0.15) is 44.9 Å². The fraction of sp³-hybridized carbons (Fsp3) is 0.294. The van der Waals surface area contributed by atoms with Crippen molar-refractivity contribution in [3.63, 3.8) is 0 Å². The lowest BCUT2D eigenvalue weighted by molar-refractivity contribution is 0.0515. The van der Waals surface area contributed by atoms with Gasteiger partial charge in [-0.1, -0.05) is 17.7 Å². The first-order valence-electron chi connectivity index (χ1n) is 7.43. The number of rotatable bonds is 4. The maximum atomic E-state index is 12.6. The van der Waals surface area contributed by atoms with E-state index in [1.807, 2.05) is 6.92 Å². The number of aryl methyl sites for hydroxylation is 3. The molecule has 0 bridgehead atoms. The van der Waals surface area contributed by atoms with Gasteiger partial charge in [0.25, 0.3) is 5.91 Å². The van der Waals surface area contributed by atoms with Crippen molar-refractivity contribution in [2.24, 2.45) is 0 Å². The van der Waals surface area contributed by atoms with E-state index in [1.54, 1.807) is 39.0 Å². The van der Waals surface area contributed by atoms with E-state index < -0.39 is 11.9 Å². The van der Waals surface area contributed by atoms with Crippen LogP contribution in [0, 0.1) is 20.8 Å². The van der Waals surface area contributed by atoms with Crippen molar-refractivity contribution in [3.05, 3.63) is 51.6 Å². The van der Waals surface area contributed by atoms with Crippen LogP contribution in [0.4, 0.5) is 5.69 Å². The zero-order chi connectivity index (χ0) is 17.9. The van der Waals surface area contributed by atoms with Crippen molar-refractivity contribution >= 4 is 29.2 Å². The molecule has 0 saturated carbocycles. The molecule has 0 radical (unpaired) electrons. The summed E-state index contributed by atoms with van der Waals surface area (Å²) in [6.07, 6.45) is 0. The minimum Gasteiger partial charge on any atom is -0.461 e. The molecule has 24 heavy (non-hydrogen) atoms. The SMILES string of the molecule is CCOC(=O)c1nc(C)c(C)nc1C(=O)Nc1cc(Cl)ccc1C. The van der Waals surface area contributed by atoms with Crippen molar-refractivity contribution in [1.82, 2.24) is 9.97 Å². The number of anilines is 1. The summed E-state index contributed by atoms with van der Waals surface area (Å²) < 4.78 is 4.96. The molecule has 0 aliphatic heterocycles. The lowest BCUT2D eigenvalue weighted by Crippen LogP contribution is -2.22. The first-order valence-corrected chi connectivity index (χ1v) is 7.81. The zero-order valence-corrected chi connectivity index (χ0v) is 14.7. The lowest BCUT2D eigenvalue weighted by atomic mass is 10.2. The maximum Gasteiger partial charge on any atom is 0.359 e. The number of hydrogen-bond donors (Lipinski definition) is 1. The van der Waals surface area contributed by atoms with Gasteiger partial charge < -0.3 is 10.1 Å². The Morgan fingerprint density at radius 2 is 1.75 bits per heavy atom. The van der Waals surface area contributed by atoms with Gasteiger partial charge in [-0.25, -0.2) is 14.8 Å². The van der Waals surface area contributed by atoms with E-state index in [4.69, 9.17) is 16.3 Å². The summed E-state index contributed by atoms with van der Waals surface area (Å²) in [5.41, 5.74) is 2.34. The summed E-state index contributed by atoms with van der Waals surface area (Å²) in [6.45, 7) is 7.14. The molecule has 2 aromatic rings. The number of aromatic nitrogens is 2. The van der Waals surface area contributed by atoms with Gasteiger partial charge in [-0.3, -0.25) is 4.79 Å². The summed E-state index contributed by atoms with van der Waals surface area (Å²) in [4.78, 5) is 33.1. The van der Waals surface area contributed by atoms with Gasteiger partial charge in [-0.05, 0) is 45.4 Å². The molecule has 0 atom stereocenters. The average Bonchev–Trinajstić information content (AvgIpc) is 2.53.